The van der Waals surface area contributed by atoms with Crippen molar-refractivity contribution in [2.45, 2.75) is 45.8 Å². The predicted octanol–water partition coefficient (Wildman–Crippen LogP) is 3.08. The van der Waals surface area contributed by atoms with Crippen molar-refractivity contribution in [3.63, 3.8) is 0 Å². The minimum Gasteiger partial charge on any atom is -0.444 e. The molecule has 0 spiro atoms. The first-order chi connectivity index (χ1) is 14.3. The standard InChI is InChI=1S/C22H31N5O3/c1-15-24-20(25-30-15)17-5-7-19(8-6-17)27-12-16(13-27)11-18-14-26(10-9-23-18)21(28)29-22(2,3)4/h5-8,16,18,23H,9-14H2,1-4H3. The Morgan fingerprint density at radius 2 is 1.97 bits per heavy atom. The average Bonchev–Trinajstić information content (AvgIpc) is 3.10. The number of benzene rings is 1. The molecule has 162 valence electrons. The molecule has 2 fully saturated rings. The van der Waals surface area contributed by atoms with Crippen molar-refractivity contribution in [2.24, 2.45) is 5.92 Å². The third kappa shape index (κ3) is 4.92. The first-order valence-corrected chi connectivity index (χ1v) is 10.6. The van der Waals surface area contributed by atoms with Crippen molar-refractivity contribution in [3.05, 3.63) is 30.2 Å². The van der Waals surface area contributed by atoms with Crippen molar-refractivity contribution in [1.29, 1.82) is 0 Å². The lowest BCUT2D eigenvalue weighted by atomic mass is 9.90. The third-order valence-electron chi connectivity index (χ3n) is 5.50. The zero-order chi connectivity index (χ0) is 21.3. The summed E-state index contributed by atoms with van der Waals surface area (Å²) in [5.41, 5.74) is 1.72. The molecule has 8 heteroatoms. The molecular formula is C22H31N5O3. The lowest BCUT2D eigenvalue weighted by molar-refractivity contribution is 0.0185. The van der Waals surface area contributed by atoms with Gasteiger partial charge >= 0.3 is 6.09 Å². The normalized spacial score (nSPS) is 20.2. The summed E-state index contributed by atoms with van der Waals surface area (Å²) in [6, 6.07) is 8.62. The average molecular weight is 414 g/mol. The molecule has 2 aliphatic heterocycles. The number of nitrogens with one attached hydrogen (secondary N) is 1. The molecule has 8 nitrogen and oxygen atoms in total. The number of ether oxygens (including phenoxy) is 1. The lowest BCUT2D eigenvalue weighted by Crippen LogP contribution is -2.56. The summed E-state index contributed by atoms with van der Waals surface area (Å²) in [6.07, 6.45) is 0.858. The van der Waals surface area contributed by atoms with E-state index in [1.165, 1.54) is 5.69 Å². The van der Waals surface area contributed by atoms with E-state index in [-0.39, 0.29) is 6.09 Å². The van der Waals surface area contributed by atoms with Crippen LogP contribution in [-0.2, 0) is 4.74 Å². The number of nitrogens with zero attached hydrogens (tertiary/aromatic N) is 4. The minimum absolute atomic E-state index is 0.207. The van der Waals surface area contributed by atoms with Gasteiger partial charge in [-0.15, -0.1) is 0 Å². The van der Waals surface area contributed by atoms with E-state index in [1.54, 1.807) is 6.92 Å². The topological polar surface area (TPSA) is 83.7 Å². The summed E-state index contributed by atoms with van der Waals surface area (Å²) < 4.78 is 10.6. The van der Waals surface area contributed by atoms with E-state index in [0.717, 1.165) is 31.6 Å². The van der Waals surface area contributed by atoms with Crippen molar-refractivity contribution < 1.29 is 14.1 Å². The Morgan fingerprint density at radius 3 is 2.60 bits per heavy atom. The highest BCUT2D eigenvalue weighted by atomic mass is 16.6. The second kappa shape index (κ2) is 8.26. The van der Waals surface area contributed by atoms with Crippen LogP contribution in [0.2, 0.25) is 0 Å². The number of rotatable bonds is 4. The number of hydrogen-bond donors (Lipinski definition) is 1. The molecular weight excluding hydrogens is 382 g/mol. The summed E-state index contributed by atoms with van der Waals surface area (Å²) in [4.78, 5) is 20.8. The molecule has 1 aromatic carbocycles. The molecule has 1 unspecified atom stereocenters. The molecule has 0 aliphatic carbocycles. The van der Waals surface area contributed by atoms with E-state index in [2.05, 4.69) is 32.5 Å². The van der Waals surface area contributed by atoms with Crippen LogP contribution < -0.4 is 10.2 Å². The fourth-order valence-corrected chi connectivity index (χ4v) is 4.05. The van der Waals surface area contributed by atoms with Crippen LogP contribution in [0.5, 0.6) is 0 Å². The second-order valence-electron chi connectivity index (χ2n) is 9.27. The number of amides is 1. The first kappa shape index (κ1) is 20.7. The molecule has 3 heterocycles. The number of hydrogen-bond acceptors (Lipinski definition) is 7. The van der Waals surface area contributed by atoms with Gasteiger partial charge in [0.25, 0.3) is 0 Å². The Balaban J connectivity index is 1.25. The van der Waals surface area contributed by atoms with Gasteiger partial charge in [-0.3, -0.25) is 0 Å². The largest absolute Gasteiger partial charge is 0.444 e. The number of carbonyl (C=O) groups is 1. The number of piperazine rings is 1. The third-order valence-corrected chi connectivity index (χ3v) is 5.50. The summed E-state index contributed by atoms with van der Waals surface area (Å²) >= 11 is 0. The van der Waals surface area contributed by atoms with Crippen molar-refractivity contribution in [3.8, 4) is 11.4 Å². The summed E-state index contributed by atoms with van der Waals surface area (Å²) in [6.45, 7) is 11.8. The van der Waals surface area contributed by atoms with E-state index in [0.29, 0.717) is 36.8 Å². The highest BCUT2D eigenvalue weighted by Crippen LogP contribution is 2.29. The molecule has 0 saturated carbocycles. The smallest absolute Gasteiger partial charge is 0.410 e. The minimum atomic E-state index is -0.454. The van der Waals surface area contributed by atoms with Gasteiger partial charge in [-0.25, -0.2) is 4.79 Å². The molecule has 4 rings (SSSR count). The molecule has 2 saturated heterocycles. The van der Waals surface area contributed by atoms with Crippen LogP contribution in [-0.4, -0.2) is 65.5 Å². The van der Waals surface area contributed by atoms with Gasteiger partial charge in [-0.05, 0) is 57.4 Å². The van der Waals surface area contributed by atoms with Crippen LogP contribution in [0.25, 0.3) is 11.4 Å². The SMILES string of the molecule is Cc1nc(-c2ccc(N3CC(CC4CN(C(=O)OC(C)(C)C)CCN4)C3)cc2)no1. The van der Waals surface area contributed by atoms with Gasteiger partial charge in [0.15, 0.2) is 0 Å². The van der Waals surface area contributed by atoms with Gasteiger partial charge in [-0.1, -0.05) is 5.16 Å². The van der Waals surface area contributed by atoms with Gasteiger partial charge in [0.05, 0.1) is 0 Å². The fraction of sp³-hybridized carbons (Fsp3) is 0.591. The van der Waals surface area contributed by atoms with E-state index in [4.69, 9.17) is 9.26 Å². The Bertz CT molecular complexity index is 868. The molecule has 1 aromatic heterocycles. The number of aromatic nitrogens is 2. The van der Waals surface area contributed by atoms with Crippen molar-refractivity contribution in [2.75, 3.05) is 37.6 Å². The summed E-state index contributed by atoms with van der Waals surface area (Å²) in [7, 11) is 0. The molecule has 2 aliphatic rings. The lowest BCUT2D eigenvalue weighted by Gasteiger charge is -2.44. The Morgan fingerprint density at radius 1 is 1.23 bits per heavy atom. The maximum absolute atomic E-state index is 12.3. The van der Waals surface area contributed by atoms with Gasteiger partial charge in [0.1, 0.15) is 5.60 Å². The fourth-order valence-electron chi connectivity index (χ4n) is 4.05. The van der Waals surface area contributed by atoms with Crippen LogP contribution >= 0.6 is 0 Å². The van der Waals surface area contributed by atoms with Crippen molar-refractivity contribution >= 4 is 11.8 Å². The zero-order valence-corrected chi connectivity index (χ0v) is 18.2. The molecule has 0 radical (unpaired) electrons. The molecule has 1 amide bonds. The first-order valence-electron chi connectivity index (χ1n) is 10.6. The highest BCUT2D eigenvalue weighted by molar-refractivity contribution is 5.68. The Labute approximate surface area is 177 Å². The highest BCUT2D eigenvalue weighted by Gasteiger charge is 2.33. The Kier molecular flexibility index (Phi) is 5.69. The molecule has 30 heavy (non-hydrogen) atoms. The molecule has 2 aromatic rings. The quantitative estimate of drug-likeness (QED) is 0.825. The van der Waals surface area contributed by atoms with Crippen LogP contribution in [0.15, 0.2) is 28.8 Å². The Hall–Kier alpha value is -2.61. The van der Waals surface area contributed by atoms with Gasteiger partial charge in [-0.2, -0.15) is 4.98 Å². The summed E-state index contributed by atoms with van der Waals surface area (Å²) in [5.74, 6) is 1.82. The van der Waals surface area contributed by atoms with Gasteiger partial charge in [0.2, 0.25) is 11.7 Å². The number of carbonyl (C=O) groups excluding carboxylic acids is 1. The van der Waals surface area contributed by atoms with Crippen LogP contribution in [0, 0.1) is 12.8 Å². The van der Waals surface area contributed by atoms with E-state index >= 15 is 0 Å². The summed E-state index contributed by atoms with van der Waals surface area (Å²) in [5, 5.41) is 7.52. The van der Waals surface area contributed by atoms with E-state index < -0.39 is 5.60 Å². The molecule has 0 bridgehead atoms. The van der Waals surface area contributed by atoms with Gasteiger partial charge in [0, 0.05) is 56.9 Å². The molecule has 1 N–H and O–H groups in total. The van der Waals surface area contributed by atoms with Crippen LogP contribution in [0.3, 0.4) is 0 Å². The maximum Gasteiger partial charge on any atom is 0.410 e. The monoisotopic (exact) mass is 413 g/mol. The molecule has 1 atom stereocenters. The van der Waals surface area contributed by atoms with Crippen molar-refractivity contribution in [1.82, 2.24) is 20.4 Å². The number of aryl methyl sites for hydroxylation is 1. The maximum atomic E-state index is 12.3. The van der Waals surface area contributed by atoms with Crippen LogP contribution in [0.1, 0.15) is 33.1 Å². The van der Waals surface area contributed by atoms with Gasteiger partial charge < -0.3 is 24.4 Å². The predicted molar refractivity (Wildman–Crippen MR) is 114 cm³/mol. The van der Waals surface area contributed by atoms with E-state index in [1.807, 2.05) is 37.8 Å². The second-order valence-corrected chi connectivity index (χ2v) is 9.27. The number of anilines is 1. The van der Waals surface area contributed by atoms with E-state index in [9.17, 15) is 4.79 Å². The zero-order valence-electron chi connectivity index (χ0n) is 18.2. The van der Waals surface area contributed by atoms with Crippen LogP contribution in [0.4, 0.5) is 10.5 Å².